The molecule has 4 rings (SSSR count). The van der Waals surface area contributed by atoms with Crippen LogP contribution < -0.4 is 10.6 Å². The molecule has 0 spiro atoms. The molecule has 0 radical (unpaired) electrons. The smallest absolute Gasteiger partial charge is 0.317 e. The predicted molar refractivity (Wildman–Crippen MR) is 123 cm³/mol. The van der Waals surface area contributed by atoms with Crippen LogP contribution in [0.1, 0.15) is 56.1 Å². The molecule has 0 aromatic heterocycles. The maximum absolute atomic E-state index is 13.4. The first kappa shape index (κ1) is 22.1. The van der Waals surface area contributed by atoms with Crippen LogP contribution in [0, 0.1) is 18.8 Å². The summed E-state index contributed by atoms with van der Waals surface area (Å²) in [6, 6.07) is 9.26. The molecule has 31 heavy (non-hydrogen) atoms. The minimum absolute atomic E-state index is 0.0617. The third kappa shape index (κ3) is 5.05. The zero-order valence-corrected chi connectivity index (χ0v) is 19.1. The average Bonchev–Trinajstić information content (AvgIpc) is 2.79. The van der Waals surface area contributed by atoms with E-state index in [1.165, 1.54) is 44.3 Å². The molecule has 1 aromatic carbocycles. The van der Waals surface area contributed by atoms with Crippen LogP contribution >= 0.6 is 0 Å². The number of carbonyl (C=O) groups excluding carboxylic acids is 2. The van der Waals surface area contributed by atoms with Crippen molar-refractivity contribution in [3.63, 3.8) is 0 Å². The molecule has 2 N–H and O–H groups in total. The summed E-state index contributed by atoms with van der Waals surface area (Å²) in [5.41, 5.74) is 2.36. The number of hydrogen-bond donors (Lipinski definition) is 2. The van der Waals surface area contributed by atoms with Crippen molar-refractivity contribution >= 4 is 11.9 Å². The van der Waals surface area contributed by atoms with Crippen molar-refractivity contribution in [1.29, 1.82) is 0 Å². The lowest BCUT2D eigenvalue weighted by Gasteiger charge is -2.57. The van der Waals surface area contributed by atoms with Gasteiger partial charge in [-0.1, -0.05) is 29.8 Å². The lowest BCUT2D eigenvalue weighted by atomic mass is 9.69. The molecule has 170 valence electrons. The Morgan fingerprint density at radius 1 is 1.10 bits per heavy atom. The fraction of sp³-hybridized carbons (Fsp3) is 0.680. The second kappa shape index (κ2) is 10.0. The van der Waals surface area contributed by atoms with Gasteiger partial charge >= 0.3 is 6.03 Å². The van der Waals surface area contributed by atoms with Crippen molar-refractivity contribution in [2.24, 2.45) is 11.8 Å². The molecule has 3 amide bonds. The van der Waals surface area contributed by atoms with E-state index in [0.717, 1.165) is 24.9 Å². The van der Waals surface area contributed by atoms with Crippen molar-refractivity contribution in [2.45, 2.75) is 70.5 Å². The SMILES string of the molecule is CNC(=O)CCC[C@@H]1[C@H]2CCCN3CCC[C@@H](CN1C(=O)NCc1ccc(C)cc1)[C@@H]23. The van der Waals surface area contributed by atoms with E-state index in [0.29, 0.717) is 30.8 Å². The van der Waals surface area contributed by atoms with Crippen LogP contribution in [0.25, 0.3) is 0 Å². The van der Waals surface area contributed by atoms with Gasteiger partial charge in [-0.25, -0.2) is 4.79 Å². The van der Waals surface area contributed by atoms with E-state index >= 15 is 0 Å². The Balaban J connectivity index is 1.47. The van der Waals surface area contributed by atoms with Crippen LogP contribution in [0.3, 0.4) is 0 Å². The van der Waals surface area contributed by atoms with Gasteiger partial charge in [-0.15, -0.1) is 0 Å². The van der Waals surface area contributed by atoms with E-state index in [1.54, 1.807) is 7.05 Å². The summed E-state index contributed by atoms with van der Waals surface area (Å²) in [5, 5.41) is 5.92. The first-order chi connectivity index (χ1) is 15.1. The molecule has 3 aliphatic rings. The number of likely N-dealkylation sites (tertiary alicyclic amines) is 1. The average molecular weight is 427 g/mol. The summed E-state index contributed by atoms with van der Waals surface area (Å²) in [4.78, 5) is 30.0. The highest BCUT2D eigenvalue weighted by atomic mass is 16.2. The standard InChI is InChI=1S/C25H38N4O2/c1-18-10-12-19(13-11-18)16-27-25(31)29-17-20-6-4-14-28-15-5-7-21(24(20)28)22(29)8-3-9-23(30)26-2/h10-13,20-22,24H,3-9,14-17H2,1-2H3,(H,26,30)(H,27,31)/t20-,21+,22+,24-/m0/s1. The first-order valence-electron chi connectivity index (χ1n) is 12.1. The first-order valence-corrected chi connectivity index (χ1v) is 12.1. The molecule has 0 unspecified atom stereocenters. The zero-order chi connectivity index (χ0) is 21.8. The van der Waals surface area contributed by atoms with E-state index in [9.17, 15) is 9.59 Å². The number of rotatable bonds is 6. The number of nitrogens with zero attached hydrogens (tertiary/aromatic N) is 2. The fourth-order valence-electron chi connectivity index (χ4n) is 6.18. The molecular weight excluding hydrogens is 388 g/mol. The van der Waals surface area contributed by atoms with Gasteiger partial charge in [-0.2, -0.15) is 0 Å². The highest BCUT2D eigenvalue weighted by molar-refractivity contribution is 5.76. The quantitative estimate of drug-likeness (QED) is 0.734. The maximum Gasteiger partial charge on any atom is 0.317 e. The number of nitrogens with one attached hydrogen (secondary N) is 2. The molecule has 3 heterocycles. The molecule has 3 saturated heterocycles. The van der Waals surface area contributed by atoms with Crippen LogP contribution in [0.15, 0.2) is 24.3 Å². The Bertz CT molecular complexity index is 763. The molecule has 0 bridgehead atoms. The third-order valence-corrected chi connectivity index (χ3v) is 7.68. The van der Waals surface area contributed by atoms with Gasteiger partial charge in [0, 0.05) is 38.6 Å². The molecule has 6 heteroatoms. The summed E-state index contributed by atoms with van der Waals surface area (Å²) in [7, 11) is 1.69. The largest absolute Gasteiger partial charge is 0.359 e. The molecule has 3 fully saturated rings. The number of hydrogen-bond acceptors (Lipinski definition) is 3. The van der Waals surface area contributed by atoms with Crippen LogP contribution in [0.2, 0.25) is 0 Å². The summed E-state index contributed by atoms with van der Waals surface area (Å²) in [6.45, 7) is 5.91. The monoisotopic (exact) mass is 426 g/mol. The normalized spacial score (nSPS) is 28.0. The molecule has 4 atom stereocenters. The molecule has 6 nitrogen and oxygen atoms in total. The number of benzene rings is 1. The topological polar surface area (TPSA) is 64.7 Å². The van der Waals surface area contributed by atoms with E-state index in [4.69, 9.17) is 0 Å². The summed E-state index contributed by atoms with van der Waals surface area (Å²) in [5.74, 6) is 1.20. The Hall–Kier alpha value is -2.08. The van der Waals surface area contributed by atoms with Gasteiger partial charge in [0.05, 0.1) is 0 Å². The Morgan fingerprint density at radius 3 is 2.58 bits per heavy atom. The van der Waals surface area contributed by atoms with Crippen molar-refractivity contribution in [2.75, 3.05) is 26.7 Å². The Labute approximate surface area is 186 Å². The van der Waals surface area contributed by atoms with Gasteiger partial charge in [-0.05, 0) is 75.9 Å². The molecule has 3 aliphatic heterocycles. The minimum atomic E-state index is 0.0617. The highest BCUT2D eigenvalue weighted by Gasteiger charge is 2.49. The van der Waals surface area contributed by atoms with Gasteiger partial charge in [0.1, 0.15) is 0 Å². The van der Waals surface area contributed by atoms with Crippen molar-refractivity contribution in [3.05, 3.63) is 35.4 Å². The van der Waals surface area contributed by atoms with Gasteiger partial charge in [-0.3, -0.25) is 9.69 Å². The summed E-state index contributed by atoms with van der Waals surface area (Å²) < 4.78 is 0. The van der Waals surface area contributed by atoms with Crippen LogP contribution in [0.4, 0.5) is 4.79 Å². The summed E-state index contributed by atoms with van der Waals surface area (Å²) >= 11 is 0. The Morgan fingerprint density at radius 2 is 1.84 bits per heavy atom. The number of aryl methyl sites for hydroxylation is 1. The molecule has 0 aliphatic carbocycles. The number of urea groups is 1. The number of carbonyl (C=O) groups is 2. The van der Waals surface area contributed by atoms with Gasteiger partial charge in [0.25, 0.3) is 0 Å². The van der Waals surface area contributed by atoms with E-state index < -0.39 is 0 Å². The zero-order valence-electron chi connectivity index (χ0n) is 19.1. The maximum atomic E-state index is 13.4. The number of amides is 3. The van der Waals surface area contributed by atoms with E-state index in [-0.39, 0.29) is 18.0 Å². The van der Waals surface area contributed by atoms with E-state index in [2.05, 4.69) is 51.6 Å². The van der Waals surface area contributed by atoms with Crippen molar-refractivity contribution in [3.8, 4) is 0 Å². The van der Waals surface area contributed by atoms with Gasteiger partial charge in [0.2, 0.25) is 5.91 Å². The highest BCUT2D eigenvalue weighted by Crippen LogP contribution is 2.43. The van der Waals surface area contributed by atoms with Gasteiger partial charge in [0.15, 0.2) is 0 Å². The fourth-order valence-corrected chi connectivity index (χ4v) is 6.18. The lowest BCUT2D eigenvalue weighted by Crippen LogP contribution is -2.66. The minimum Gasteiger partial charge on any atom is -0.359 e. The number of piperidine rings is 3. The van der Waals surface area contributed by atoms with Gasteiger partial charge < -0.3 is 15.5 Å². The second-order valence-corrected chi connectivity index (χ2v) is 9.66. The second-order valence-electron chi connectivity index (χ2n) is 9.66. The molecule has 1 aromatic rings. The third-order valence-electron chi connectivity index (χ3n) is 7.68. The molecular formula is C25H38N4O2. The van der Waals surface area contributed by atoms with Crippen LogP contribution in [-0.4, -0.2) is 60.5 Å². The van der Waals surface area contributed by atoms with Crippen LogP contribution in [-0.2, 0) is 11.3 Å². The summed E-state index contributed by atoms with van der Waals surface area (Å²) in [6.07, 6.45) is 7.17. The van der Waals surface area contributed by atoms with Crippen molar-refractivity contribution in [1.82, 2.24) is 20.4 Å². The Kier molecular flexibility index (Phi) is 7.16. The van der Waals surface area contributed by atoms with E-state index in [1.807, 2.05) is 0 Å². The lowest BCUT2D eigenvalue weighted by molar-refractivity contribution is -0.120. The predicted octanol–water partition coefficient (Wildman–Crippen LogP) is 3.30. The van der Waals surface area contributed by atoms with Crippen molar-refractivity contribution < 1.29 is 9.59 Å². The van der Waals surface area contributed by atoms with Crippen LogP contribution in [0.5, 0.6) is 0 Å². The molecule has 0 saturated carbocycles.